The van der Waals surface area contributed by atoms with Crippen LogP contribution >= 0.6 is 23.2 Å². The number of benzene rings is 1. The van der Waals surface area contributed by atoms with Gasteiger partial charge in [-0.1, -0.05) is 30.1 Å². The molecule has 0 spiro atoms. The van der Waals surface area contributed by atoms with Crippen molar-refractivity contribution < 1.29 is 0 Å². The quantitative estimate of drug-likeness (QED) is 0.751. The van der Waals surface area contributed by atoms with Crippen molar-refractivity contribution in [2.24, 2.45) is 0 Å². The number of hydrogen-bond acceptors (Lipinski definition) is 1. The first-order valence-electron chi connectivity index (χ1n) is 4.25. The molecule has 0 saturated carbocycles. The molecule has 0 radical (unpaired) electrons. The summed E-state index contributed by atoms with van der Waals surface area (Å²) in [6.45, 7) is 4.02. The van der Waals surface area contributed by atoms with Gasteiger partial charge in [0.05, 0.1) is 0 Å². The molecule has 1 rings (SSSR count). The lowest BCUT2D eigenvalue weighted by Gasteiger charge is -2.13. The van der Waals surface area contributed by atoms with Gasteiger partial charge < -0.3 is 4.90 Å². The molecule has 0 aliphatic heterocycles. The van der Waals surface area contributed by atoms with Gasteiger partial charge in [-0.3, -0.25) is 0 Å². The van der Waals surface area contributed by atoms with E-state index in [9.17, 15) is 0 Å². The molecule has 3 heteroatoms. The van der Waals surface area contributed by atoms with Gasteiger partial charge in [-0.05, 0) is 37.4 Å². The van der Waals surface area contributed by atoms with Crippen LogP contribution in [-0.4, -0.2) is 18.5 Å². The van der Waals surface area contributed by atoms with E-state index in [1.807, 2.05) is 12.1 Å². The highest BCUT2D eigenvalue weighted by atomic mass is 35.5. The van der Waals surface area contributed by atoms with Crippen LogP contribution in [0.3, 0.4) is 0 Å². The third-order valence-corrected chi connectivity index (χ3v) is 2.35. The van der Waals surface area contributed by atoms with Crippen molar-refractivity contribution in [2.45, 2.75) is 13.5 Å². The van der Waals surface area contributed by atoms with Crippen LogP contribution in [0.25, 0.3) is 0 Å². The average Bonchev–Trinajstić information content (AvgIpc) is 2.02. The van der Waals surface area contributed by atoms with Crippen molar-refractivity contribution in [1.29, 1.82) is 0 Å². The zero-order chi connectivity index (χ0) is 9.84. The highest BCUT2D eigenvalue weighted by Gasteiger charge is 2.00. The molecule has 0 amide bonds. The van der Waals surface area contributed by atoms with Gasteiger partial charge in [-0.2, -0.15) is 0 Å². The first-order chi connectivity index (χ1) is 6.11. The number of rotatable bonds is 3. The molecule has 0 saturated heterocycles. The molecular formula is C10H13Cl2N. The summed E-state index contributed by atoms with van der Waals surface area (Å²) in [5.41, 5.74) is 1.15. The number of halogens is 2. The Hall–Kier alpha value is -0.240. The van der Waals surface area contributed by atoms with E-state index in [1.165, 1.54) is 0 Å². The van der Waals surface area contributed by atoms with Gasteiger partial charge in [0.15, 0.2) is 0 Å². The molecule has 0 unspecified atom stereocenters. The summed E-state index contributed by atoms with van der Waals surface area (Å²) in [5.74, 6) is 0. The van der Waals surface area contributed by atoms with Crippen molar-refractivity contribution in [3.05, 3.63) is 33.8 Å². The first kappa shape index (κ1) is 10.8. The minimum Gasteiger partial charge on any atom is -0.302 e. The van der Waals surface area contributed by atoms with E-state index in [2.05, 4.69) is 18.9 Å². The summed E-state index contributed by atoms with van der Waals surface area (Å²) in [5, 5.41) is 1.40. The monoisotopic (exact) mass is 217 g/mol. The summed E-state index contributed by atoms with van der Waals surface area (Å²) in [7, 11) is 2.06. The first-order valence-corrected chi connectivity index (χ1v) is 5.01. The molecule has 0 heterocycles. The van der Waals surface area contributed by atoms with Crippen molar-refractivity contribution in [3.8, 4) is 0 Å². The van der Waals surface area contributed by atoms with Crippen LogP contribution in [0.2, 0.25) is 10.0 Å². The largest absolute Gasteiger partial charge is 0.302 e. The lowest BCUT2D eigenvalue weighted by Crippen LogP contribution is -2.16. The molecule has 0 fully saturated rings. The zero-order valence-electron chi connectivity index (χ0n) is 7.85. The highest BCUT2D eigenvalue weighted by molar-refractivity contribution is 6.34. The van der Waals surface area contributed by atoms with Gasteiger partial charge >= 0.3 is 0 Å². The third kappa shape index (κ3) is 3.55. The van der Waals surface area contributed by atoms with E-state index < -0.39 is 0 Å². The Balaban J connectivity index is 2.77. The third-order valence-electron chi connectivity index (χ3n) is 1.91. The van der Waals surface area contributed by atoms with Crippen LogP contribution in [0, 0.1) is 0 Å². The molecule has 1 nitrogen and oxygen atoms in total. The fraction of sp³-hybridized carbons (Fsp3) is 0.400. The van der Waals surface area contributed by atoms with Crippen molar-refractivity contribution in [1.82, 2.24) is 4.90 Å². The van der Waals surface area contributed by atoms with Gasteiger partial charge in [-0.15, -0.1) is 0 Å². The van der Waals surface area contributed by atoms with Gasteiger partial charge in [0, 0.05) is 16.6 Å². The average molecular weight is 218 g/mol. The van der Waals surface area contributed by atoms with Crippen LogP contribution in [0.15, 0.2) is 18.2 Å². The van der Waals surface area contributed by atoms with Crippen LogP contribution in [0.1, 0.15) is 12.5 Å². The molecule has 0 N–H and O–H groups in total. The molecule has 72 valence electrons. The Bertz CT molecular complexity index is 266. The van der Waals surface area contributed by atoms with Gasteiger partial charge in [0.2, 0.25) is 0 Å². The normalized spacial score (nSPS) is 10.8. The summed E-state index contributed by atoms with van der Waals surface area (Å²) in [6, 6.07) is 5.64. The Labute approximate surface area is 89.3 Å². The van der Waals surface area contributed by atoms with E-state index in [0.717, 1.165) is 18.7 Å². The highest BCUT2D eigenvalue weighted by Crippen LogP contribution is 2.19. The second-order valence-corrected chi connectivity index (χ2v) is 3.98. The maximum atomic E-state index is 5.87. The standard InChI is InChI=1S/C10H13Cl2N/c1-3-13(2)7-8-4-9(11)6-10(12)5-8/h4-6H,3,7H2,1-2H3. The van der Waals surface area contributed by atoms with Crippen molar-refractivity contribution in [3.63, 3.8) is 0 Å². The van der Waals surface area contributed by atoms with Crippen LogP contribution < -0.4 is 0 Å². The smallest absolute Gasteiger partial charge is 0.0424 e. The van der Waals surface area contributed by atoms with Crippen molar-refractivity contribution >= 4 is 23.2 Å². The second kappa shape index (κ2) is 4.85. The minimum absolute atomic E-state index is 0.701. The van der Waals surface area contributed by atoms with Crippen molar-refractivity contribution in [2.75, 3.05) is 13.6 Å². The zero-order valence-corrected chi connectivity index (χ0v) is 9.36. The molecule has 1 aromatic rings. The maximum Gasteiger partial charge on any atom is 0.0424 e. The Kier molecular flexibility index (Phi) is 4.04. The van der Waals surface area contributed by atoms with Crippen LogP contribution in [0.5, 0.6) is 0 Å². The topological polar surface area (TPSA) is 3.24 Å². The van der Waals surface area contributed by atoms with Gasteiger partial charge in [-0.25, -0.2) is 0 Å². The fourth-order valence-electron chi connectivity index (χ4n) is 1.13. The second-order valence-electron chi connectivity index (χ2n) is 3.11. The Morgan fingerprint density at radius 2 is 1.69 bits per heavy atom. The molecule has 1 aromatic carbocycles. The predicted molar refractivity (Wildman–Crippen MR) is 58.5 cm³/mol. The molecule has 13 heavy (non-hydrogen) atoms. The predicted octanol–water partition coefficient (Wildman–Crippen LogP) is 3.45. The Morgan fingerprint density at radius 1 is 1.15 bits per heavy atom. The van der Waals surface area contributed by atoms with E-state index >= 15 is 0 Å². The molecule has 0 aliphatic carbocycles. The van der Waals surface area contributed by atoms with E-state index in [-0.39, 0.29) is 0 Å². The van der Waals surface area contributed by atoms with E-state index in [1.54, 1.807) is 6.07 Å². The Morgan fingerprint density at radius 3 is 2.15 bits per heavy atom. The molecule has 0 aliphatic rings. The van der Waals surface area contributed by atoms with Gasteiger partial charge in [0.1, 0.15) is 0 Å². The van der Waals surface area contributed by atoms with Gasteiger partial charge in [0.25, 0.3) is 0 Å². The lowest BCUT2D eigenvalue weighted by molar-refractivity contribution is 0.346. The SMILES string of the molecule is CCN(C)Cc1cc(Cl)cc(Cl)c1. The molecule has 0 bridgehead atoms. The van der Waals surface area contributed by atoms with Crippen LogP contribution in [-0.2, 0) is 6.54 Å². The molecule has 0 atom stereocenters. The minimum atomic E-state index is 0.701. The summed E-state index contributed by atoms with van der Waals surface area (Å²) >= 11 is 11.7. The van der Waals surface area contributed by atoms with Crippen LogP contribution in [0.4, 0.5) is 0 Å². The fourth-order valence-corrected chi connectivity index (χ4v) is 1.70. The summed E-state index contributed by atoms with van der Waals surface area (Å²) < 4.78 is 0. The lowest BCUT2D eigenvalue weighted by atomic mass is 10.2. The maximum absolute atomic E-state index is 5.87. The summed E-state index contributed by atoms with van der Waals surface area (Å²) in [6.07, 6.45) is 0. The molecule has 0 aromatic heterocycles. The number of hydrogen-bond donors (Lipinski definition) is 0. The molecular weight excluding hydrogens is 205 g/mol. The van der Waals surface area contributed by atoms with E-state index in [4.69, 9.17) is 23.2 Å². The number of nitrogens with zero attached hydrogens (tertiary/aromatic N) is 1. The van der Waals surface area contributed by atoms with E-state index in [0.29, 0.717) is 10.0 Å². The summed E-state index contributed by atoms with van der Waals surface area (Å²) in [4.78, 5) is 2.20.